The fourth-order valence-corrected chi connectivity index (χ4v) is 1.49. The predicted octanol–water partition coefficient (Wildman–Crippen LogP) is 2.24. The van der Waals surface area contributed by atoms with Crippen molar-refractivity contribution in [2.45, 2.75) is 33.6 Å². The fourth-order valence-electron chi connectivity index (χ4n) is 1.49. The minimum atomic E-state index is -0.372. The van der Waals surface area contributed by atoms with Crippen LogP contribution < -0.4 is 10.6 Å². The Morgan fingerprint density at radius 1 is 1.39 bits per heavy atom. The van der Waals surface area contributed by atoms with Crippen LogP contribution in [0.4, 0.5) is 0 Å². The van der Waals surface area contributed by atoms with E-state index < -0.39 is 0 Å². The standard InChI is InChI=1S/C14H21NO3/c1-4-12-9-11(7-8-15)5-6-13(12)17-18-14(16)10(2)3/h5-6,9-10H,4,7-8,15H2,1-3H3. The molecule has 2 N–H and O–H groups in total. The van der Waals surface area contributed by atoms with Crippen molar-refractivity contribution in [1.29, 1.82) is 0 Å². The van der Waals surface area contributed by atoms with E-state index in [4.69, 9.17) is 15.5 Å². The van der Waals surface area contributed by atoms with Crippen LogP contribution in [-0.4, -0.2) is 12.5 Å². The molecular weight excluding hydrogens is 230 g/mol. The Morgan fingerprint density at radius 3 is 2.67 bits per heavy atom. The molecule has 0 saturated carbocycles. The lowest BCUT2D eigenvalue weighted by atomic mass is 10.1. The maximum absolute atomic E-state index is 11.3. The smallest absolute Gasteiger partial charge is 0.330 e. The molecule has 1 aromatic rings. The van der Waals surface area contributed by atoms with Crippen molar-refractivity contribution in [3.8, 4) is 5.75 Å². The molecule has 1 aromatic carbocycles. The van der Waals surface area contributed by atoms with Gasteiger partial charge in [-0.05, 0) is 36.6 Å². The van der Waals surface area contributed by atoms with Gasteiger partial charge in [0.15, 0.2) is 5.75 Å². The zero-order chi connectivity index (χ0) is 13.5. The van der Waals surface area contributed by atoms with E-state index in [1.54, 1.807) is 13.8 Å². The summed E-state index contributed by atoms with van der Waals surface area (Å²) in [5, 5.41) is 0. The van der Waals surface area contributed by atoms with E-state index >= 15 is 0 Å². The maximum Gasteiger partial charge on any atom is 0.357 e. The Bertz CT molecular complexity index is 402. The molecule has 0 aliphatic heterocycles. The highest BCUT2D eigenvalue weighted by Crippen LogP contribution is 2.21. The van der Waals surface area contributed by atoms with E-state index in [2.05, 4.69) is 0 Å². The molecular formula is C14H21NO3. The minimum absolute atomic E-state index is 0.202. The number of aryl methyl sites for hydroxylation is 1. The van der Waals surface area contributed by atoms with Gasteiger partial charge in [-0.2, -0.15) is 0 Å². The van der Waals surface area contributed by atoms with Gasteiger partial charge in [0.25, 0.3) is 0 Å². The van der Waals surface area contributed by atoms with E-state index in [1.165, 1.54) is 0 Å². The zero-order valence-corrected chi connectivity index (χ0v) is 11.2. The van der Waals surface area contributed by atoms with Crippen molar-refractivity contribution < 1.29 is 14.6 Å². The van der Waals surface area contributed by atoms with Gasteiger partial charge in [0.2, 0.25) is 0 Å². The largest absolute Gasteiger partial charge is 0.357 e. The zero-order valence-electron chi connectivity index (χ0n) is 11.2. The Kier molecular flexibility index (Phi) is 5.65. The van der Waals surface area contributed by atoms with Crippen molar-refractivity contribution >= 4 is 5.97 Å². The van der Waals surface area contributed by atoms with Crippen LogP contribution in [0.2, 0.25) is 0 Å². The Hall–Kier alpha value is -1.55. The number of rotatable bonds is 6. The Balaban J connectivity index is 2.73. The molecule has 4 nitrogen and oxygen atoms in total. The number of nitrogens with two attached hydrogens (primary N) is 1. The van der Waals surface area contributed by atoms with Gasteiger partial charge in [-0.1, -0.05) is 32.9 Å². The predicted molar refractivity (Wildman–Crippen MR) is 70.1 cm³/mol. The van der Waals surface area contributed by atoms with Gasteiger partial charge in [-0.3, -0.25) is 9.78 Å². The van der Waals surface area contributed by atoms with Crippen LogP contribution >= 0.6 is 0 Å². The Morgan fingerprint density at radius 2 is 2.11 bits per heavy atom. The van der Waals surface area contributed by atoms with Gasteiger partial charge in [-0.25, -0.2) is 4.79 Å². The topological polar surface area (TPSA) is 61.6 Å². The molecule has 4 heteroatoms. The van der Waals surface area contributed by atoms with E-state index in [0.717, 1.165) is 24.0 Å². The molecule has 0 amide bonds. The normalized spacial score (nSPS) is 10.5. The third-order valence-corrected chi connectivity index (χ3v) is 2.62. The average Bonchev–Trinajstić information content (AvgIpc) is 2.36. The van der Waals surface area contributed by atoms with Crippen molar-refractivity contribution in [3.63, 3.8) is 0 Å². The second-order valence-electron chi connectivity index (χ2n) is 4.47. The average molecular weight is 251 g/mol. The molecule has 0 bridgehead atoms. The van der Waals surface area contributed by atoms with Crippen molar-refractivity contribution in [2.75, 3.05) is 6.54 Å². The number of carbonyl (C=O) groups is 1. The van der Waals surface area contributed by atoms with Crippen LogP contribution in [0.1, 0.15) is 31.9 Å². The second kappa shape index (κ2) is 7.01. The third kappa shape index (κ3) is 4.04. The van der Waals surface area contributed by atoms with Crippen molar-refractivity contribution in [3.05, 3.63) is 29.3 Å². The summed E-state index contributed by atoms with van der Waals surface area (Å²) in [6, 6.07) is 5.79. The Labute approximate surface area is 108 Å². The molecule has 0 saturated heterocycles. The molecule has 18 heavy (non-hydrogen) atoms. The first-order valence-electron chi connectivity index (χ1n) is 6.28. The lowest BCUT2D eigenvalue weighted by Gasteiger charge is -2.11. The van der Waals surface area contributed by atoms with E-state index in [0.29, 0.717) is 12.3 Å². The maximum atomic E-state index is 11.3. The van der Waals surface area contributed by atoms with E-state index in [9.17, 15) is 4.79 Å². The van der Waals surface area contributed by atoms with Crippen LogP contribution in [0.15, 0.2) is 18.2 Å². The van der Waals surface area contributed by atoms with Gasteiger partial charge in [0.1, 0.15) is 0 Å². The molecule has 0 heterocycles. The fraction of sp³-hybridized carbons (Fsp3) is 0.500. The summed E-state index contributed by atoms with van der Waals surface area (Å²) in [5.41, 5.74) is 7.70. The SMILES string of the molecule is CCc1cc(CCN)ccc1OOC(=O)C(C)C. The molecule has 0 aromatic heterocycles. The number of carbonyl (C=O) groups excluding carboxylic acids is 1. The number of hydrogen-bond donors (Lipinski definition) is 1. The third-order valence-electron chi connectivity index (χ3n) is 2.62. The highest BCUT2D eigenvalue weighted by molar-refractivity contribution is 5.70. The quantitative estimate of drug-likeness (QED) is 0.622. The van der Waals surface area contributed by atoms with E-state index in [1.807, 2.05) is 25.1 Å². The summed E-state index contributed by atoms with van der Waals surface area (Å²) >= 11 is 0. The first-order valence-corrected chi connectivity index (χ1v) is 6.28. The van der Waals surface area contributed by atoms with Gasteiger partial charge in [-0.15, -0.1) is 0 Å². The summed E-state index contributed by atoms with van der Waals surface area (Å²) in [7, 11) is 0. The summed E-state index contributed by atoms with van der Waals surface area (Å²) in [6.07, 6.45) is 1.64. The summed E-state index contributed by atoms with van der Waals surface area (Å²) < 4.78 is 0. The van der Waals surface area contributed by atoms with Crippen molar-refractivity contribution in [2.24, 2.45) is 11.7 Å². The van der Waals surface area contributed by atoms with Crippen LogP contribution in [-0.2, 0) is 22.5 Å². The highest BCUT2D eigenvalue weighted by atomic mass is 17.2. The molecule has 0 radical (unpaired) electrons. The molecule has 0 aliphatic carbocycles. The van der Waals surface area contributed by atoms with Gasteiger partial charge >= 0.3 is 5.97 Å². The summed E-state index contributed by atoms with van der Waals surface area (Å²) in [4.78, 5) is 21.2. The molecule has 0 unspecified atom stereocenters. The van der Waals surface area contributed by atoms with Crippen LogP contribution in [0.3, 0.4) is 0 Å². The van der Waals surface area contributed by atoms with Gasteiger partial charge in [0, 0.05) is 0 Å². The van der Waals surface area contributed by atoms with E-state index in [-0.39, 0.29) is 11.9 Å². The molecule has 100 valence electrons. The molecule has 0 atom stereocenters. The number of hydrogen-bond acceptors (Lipinski definition) is 4. The minimum Gasteiger partial charge on any atom is -0.330 e. The molecule has 1 rings (SSSR count). The highest BCUT2D eigenvalue weighted by Gasteiger charge is 2.12. The first kappa shape index (κ1) is 14.5. The van der Waals surface area contributed by atoms with Crippen LogP contribution in [0.5, 0.6) is 5.75 Å². The van der Waals surface area contributed by atoms with Gasteiger partial charge < -0.3 is 5.73 Å². The molecule has 0 aliphatic rings. The summed E-state index contributed by atoms with van der Waals surface area (Å²) in [5.74, 6) is 0.0157. The lowest BCUT2D eigenvalue weighted by Crippen LogP contribution is -2.14. The summed E-state index contributed by atoms with van der Waals surface area (Å²) in [6.45, 7) is 6.16. The first-order chi connectivity index (χ1) is 8.58. The second-order valence-corrected chi connectivity index (χ2v) is 4.47. The molecule has 0 spiro atoms. The van der Waals surface area contributed by atoms with Crippen molar-refractivity contribution in [1.82, 2.24) is 0 Å². The number of benzene rings is 1. The van der Waals surface area contributed by atoms with Crippen LogP contribution in [0.25, 0.3) is 0 Å². The molecule has 0 fully saturated rings. The monoisotopic (exact) mass is 251 g/mol. The lowest BCUT2D eigenvalue weighted by molar-refractivity contribution is -0.217. The van der Waals surface area contributed by atoms with Crippen LogP contribution in [0, 0.1) is 5.92 Å². The van der Waals surface area contributed by atoms with Gasteiger partial charge in [0.05, 0.1) is 5.92 Å².